The molecule has 20 heavy (non-hydrogen) atoms. The van der Waals surface area contributed by atoms with E-state index in [2.05, 4.69) is 10.6 Å². The minimum absolute atomic E-state index is 0.0263. The number of carbonyl (C=O) groups excluding carboxylic acids is 3. The van der Waals surface area contributed by atoms with E-state index in [0.29, 0.717) is 0 Å². The molecule has 2 N–H and O–H groups in total. The fourth-order valence-corrected chi connectivity index (χ4v) is 1.32. The van der Waals surface area contributed by atoms with Crippen LogP contribution < -0.4 is 10.6 Å². The van der Waals surface area contributed by atoms with Gasteiger partial charge in [-0.1, -0.05) is 20.8 Å². The SMILES string of the molecule is CN(CC(=O)NC(C)(C)C)C(=O)CNC(=O)C(C)(C)C. The van der Waals surface area contributed by atoms with Gasteiger partial charge in [-0.3, -0.25) is 14.4 Å². The molecular formula is C14H27N3O3. The van der Waals surface area contributed by atoms with Crippen LogP contribution in [-0.2, 0) is 14.4 Å². The van der Waals surface area contributed by atoms with E-state index in [9.17, 15) is 14.4 Å². The third-order valence-electron chi connectivity index (χ3n) is 2.40. The lowest BCUT2D eigenvalue weighted by Gasteiger charge is -2.24. The first-order valence-corrected chi connectivity index (χ1v) is 6.66. The average Bonchev–Trinajstić information content (AvgIpc) is 2.20. The molecule has 0 heterocycles. The molecule has 116 valence electrons. The normalized spacial score (nSPS) is 11.8. The molecule has 0 saturated carbocycles. The highest BCUT2D eigenvalue weighted by Crippen LogP contribution is 2.11. The Hall–Kier alpha value is -1.59. The van der Waals surface area contributed by atoms with Gasteiger partial charge in [0, 0.05) is 18.0 Å². The van der Waals surface area contributed by atoms with Crippen LogP contribution in [0.4, 0.5) is 0 Å². The summed E-state index contributed by atoms with van der Waals surface area (Å²) in [5.41, 5.74) is -0.871. The summed E-state index contributed by atoms with van der Waals surface area (Å²) in [7, 11) is 1.54. The van der Waals surface area contributed by atoms with Crippen molar-refractivity contribution in [3.8, 4) is 0 Å². The molecule has 0 aromatic heterocycles. The summed E-state index contributed by atoms with van der Waals surface area (Å²) in [5.74, 6) is -0.722. The topological polar surface area (TPSA) is 78.5 Å². The quantitative estimate of drug-likeness (QED) is 0.790. The Morgan fingerprint density at radius 2 is 1.50 bits per heavy atom. The molecular weight excluding hydrogens is 258 g/mol. The number of likely N-dealkylation sites (N-methyl/N-ethyl adjacent to an activating group) is 1. The van der Waals surface area contributed by atoms with Gasteiger partial charge in [0.15, 0.2) is 0 Å². The Labute approximate surface area is 121 Å². The zero-order valence-electron chi connectivity index (χ0n) is 13.6. The summed E-state index contributed by atoms with van der Waals surface area (Å²) in [5, 5.41) is 5.34. The lowest BCUT2D eigenvalue weighted by molar-refractivity contribution is -0.137. The number of hydrogen-bond donors (Lipinski definition) is 2. The van der Waals surface area contributed by atoms with Crippen molar-refractivity contribution in [2.24, 2.45) is 5.41 Å². The molecule has 0 fully saturated rings. The summed E-state index contributed by atoms with van der Waals surface area (Å²) in [6.45, 7) is 10.8. The van der Waals surface area contributed by atoms with Gasteiger partial charge in [-0.15, -0.1) is 0 Å². The van der Waals surface area contributed by atoms with Gasteiger partial charge in [-0.25, -0.2) is 0 Å². The first-order valence-electron chi connectivity index (χ1n) is 6.66. The van der Waals surface area contributed by atoms with Crippen LogP contribution in [0.3, 0.4) is 0 Å². The molecule has 0 unspecified atom stereocenters. The Balaban J connectivity index is 4.24. The van der Waals surface area contributed by atoms with Gasteiger partial charge in [0.2, 0.25) is 17.7 Å². The minimum Gasteiger partial charge on any atom is -0.350 e. The number of amides is 3. The molecule has 0 aliphatic rings. The molecule has 0 atom stereocenters. The Morgan fingerprint density at radius 1 is 1.00 bits per heavy atom. The fourth-order valence-electron chi connectivity index (χ4n) is 1.32. The van der Waals surface area contributed by atoms with Crippen LogP contribution in [-0.4, -0.2) is 48.3 Å². The van der Waals surface area contributed by atoms with Gasteiger partial charge in [-0.2, -0.15) is 0 Å². The third-order valence-corrected chi connectivity index (χ3v) is 2.40. The van der Waals surface area contributed by atoms with Crippen molar-refractivity contribution in [3.63, 3.8) is 0 Å². The second kappa shape index (κ2) is 6.72. The van der Waals surface area contributed by atoms with Crippen molar-refractivity contribution in [1.82, 2.24) is 15.5 Å². The Morgan fingerprint density at radius 3 is 1.90 bits per heavy atom. The van der Waals surface area contributed by atoms with E-state index in [1.54, 1.807) is 20.8 Å². The van der Waals surface area contributed by atoms with Crippen molar-refractivity contribution in [3.05, 3.63) is 0 Å². The van der Waals surface area contributed by atoms with E-state index in [1.165, 1.54) is 11.9 Å². The standard InChI is InChI=1S/C14H27N3O3/c1-13(2,3)12(20)15-8-11(19)17(7)9-10(18)16-14(4,5)6/h8-9H2,1-7H3,(H,15,20)(H,16,18). The highest BCUT2D eigenvalue weighted by Gasteiger charge is 2.23. The predicted octanol–water partition coefficient (Wildman–Crippen LogP) is 0.522. The summed E-state index contributed by atoms with van der Waals surface area (Å²) in [4.78, 5) is 36.4. The largest absolute Gasteiger partial charge is 0.350 e. The molecule has 0 aromatic carbocycles. The smallest absolute Gasteiger partial charge is 0.242 e. The second-order valence-corrected chi connectivity index (χ2v) is 6.98. The Bertz CT molecular complexity index is 378. The van der Waals surface area contributed by atoms with Crippen LogP contribution in [0.25, 0.3) is 0 Å². The van der Waals surface area contributed by atoms with E-state index in [4.69, 9.17) is 0 Å². The highest BCUT2D eigenvalue weighted by atomic mass is 16.2. The van der Waals surface area contributed by atoms with Crippen molar-refractivity contribution in [2.75, 3.05) is 20.1 Å². The highest BCUT2D eigenvalue weighted by molar-refractivity contribution is 5.89. The summed E-state index contributed by atoms with van der Waals surface area (Å²) >= 11 is 0. The molecule has 0 aromatic rings. The first kappa shape index (κ1) is 18.4. The fraction of sp³-hybridized carbons (Fsp3) is 0.786. The first-order chi connectivity index (χ1) is 8.83. The van der Waals surface area contributed by atoms with Crippen LogP contribution >= 0.6 is 0 Å². The molecule has 6 nitrogen and oxygen atoms in total. The van der Waals surface area contributed by atoms with E-state index < -0.39 is 5.41 Å². The van der Waals surface area contributed by atoms with Crippen molar-refractivity contribution < 1.29 is 14.4 Å². The molecule has 0 aliphatic carbocycles. The lowest BCUT2D eigenvalue weighted by atomic mass is 9.96. The summed E-state index contributed by atoms with van der Waals surface area (Å²) in [6.07, 6.45) is 0. The molecule has 0 spiro atoms. The maximum absolute atomic E-state index is 11.8. The minimum atomic E-state index is -0.539. The monoisotopic (exact) mass is 285 g/mol. The summed E-state index contributed by atoms with van der Waals surface area (Å²) in [6, 6.07) is 0. The lowest BCUT2D eigenvalue weighted by Crippen LogP contribution is -2.48. The van der Waals surface area contributed by atoms with E-state index >= 15 is 0 Å². The summed E-state index contributed by atoms with van der Waals surface area (Å²) < 4.78 is 0. The van der Waals surface area contributed by atoms with Crippen LogP contribution in [0, 0.1) is 5.41 Å². The number of hydrogen-bond acceptors (Lipinski definition) is 3. The van der Waals surface area contributed by atoms with Gasteiger partial charge in [0.25, 0.3) is 0 Å². The second-order valence-electron chi connectivity index (χ2n) is 6.98. The van der Waals surface area contributed by atoms with Crippen LogP contribution in [0.5, 0.6) is 0 Å². The van der Waals surface area contributed by atoms with Gasteiger partial charge in [0.1, 0.15) is 0 Å². The molecule has 3 amide bonds. The van der Waals surface area contributed by atoms with Gasteiger partial charge >= 0.3 is 0 Å². The molecule has 0 saturated heterocycles. The van der Waals surface area contributed by atoms with Crippen molar-refractivity contribution in [1.29, 1.82) is 0 Å². The van der Waals surface area contributed by atoms with Crippen molar-refractivity contribution in [2.45, 2.75) is 47.1 Å². The maximum atomic E-state index is 11.8. The molecule has 6 heteroatoms. The van der Waals surface area contributed by atoms with Gasteiger partial charge in [-0.05, 0) is 20.8 Å². The Kier molecular flexibility index (Phi) is 6.19. The number of nitrogens with one attached hydrogen (secondary N) is 2. The van der Waals surface area contributed by atoms with Gasteiger partial charge in [0.05, 0.1) is 13.1 Å². The van der Waals surface area contributed by atoms with E-state index in [1.807, 2.05) is 20.8 Å². The van der Waals surface area contributed by atoms with Crippen LogP contribution in [0.15, 0.2) is 0 Å². The van der Waals surface area contributed by atoms with Crippen LogP contribution in [0.1, 0.15) is 41.5 Å². The van der Waals surface area contributed by atoms with Crippen molar-refractivity contribution >= 4 is 17.7 Å². The number of nitrogens with zero attached hydrogens (tertiary/aromatic N) is 1. The third kappa shape index (κ3) is 7.76. The number of rotatable bonds is 4. The molecule has 0 rings (SSSR count). The molecule has 0 radical (unpaired) electrons. The van der Waals surface area contributed by atoms with E-state index in [0.717, 1.165) is 0 Å². The molecule has 0 aliphatic heterocycles. The average molecular weight is 285 g/mol. The van der Waals surface area contributed by atoms with Crippen LogP contribution in [0.2, 0.25) is 0 Å². The predicted molar refractivity (Wildman–Crippen MR) is 78.0 cm³/mol. The zero-order valence-corrected chi connectivity index (χ0v) is 13.6. The molecule has 0 bridgehead atoms. The van der Waals surface area contributed by atoms with E-state index in [-0.39, 0.29) is 36.3 Å². The maximum Gasteiger partial charge on any atom is 0.242 e. The zero-order chi connectivity index (χ0) is 16.1. The number of carbonyl (C=O) groups is 3. The van der Waals surface area contributed by atoms with Gasteiger partial charge < -0.3 is 15.5 Å².